The van der Waals surface area contributed by atoms with Crippen molar-refractivity contribution in [2.45, 2.75) is 26.3 Å². The fourth-order valence-electron chi connectivity index (χ4n) is 1.44. The Bertz CT molecular complexity index is 495. The van der Waals surface area contributed by atoms with E-state index in [1.165, 1.54) is 0 Å². The molecule has 0 aliphatic heterocycles. The molecule has 0 saturated heterocycles. The summed E-state index contributed by atoms with van der Waals surface area (Å²) in [6.07, 6.45) is 4.47. The molecule has 2 heterocycles. The van der Waals surface area contributed by atoms with E-state index in [1.54, 1.807) is 12.4 Å². The Hall–Kier alpha value is -0.610. The van der Waals surface area contributed by atoms with E-state index in [0.717, 1.165) is 21.9 Å². The third kappa shape index (κ3) is 1.76. The molecular formula is C10H11BrClN3. The van der Waals surface area contributed by atoms with Crippen molar-refractivity contribution in [3.05, 3.63) is 21.9 Å². The van der Waals surface area contributed by atoms with Crippen LogP contribution in [0.15, 0.2) is 16.9 Å². The lowest BCUT2D eigenvalue weighted by molar-refractivity contribution is 0.490. The molecule has 2 aromatic rings. The van der Waals surface area contributed by atoms with Gasteiger partial charge in [0.25, 0.3) is 0 Å². The summed E-state index contributed by atoms with van der Waals surface area (Å²) in [5, 5.41) is 5.91. The van der Waals surface area contributed by atoms with Crippen molar-refractivity contribution in [3.63, 3.8) is 0 Å². The smallest absolute Gasteiger partial charge is 0.159 e. The summed E-state index contributed by atoms with van der Waals surface area (Å²) in [7, 11) is 0. The molecule has 0 N–H and O–H groups in total. The summed E-state index contributed by atoms with van der Waals surface area (Å²) in [6.45, 7) is 4.25. The Morgan fingerprint density at radius 2 is 2.27 bits per heavy atom. The van der Waals surface area contributed by atoms with Gasteiger partial charge in [-0.05, 0) is 29.3 Å². The number of halogens is 2. The van der Waals surface area contributed by atoms with Crippen molar-refractivity contribution >= 4 is 38.6 Å². The van der Waals surface area contributed by atoms with E-state index in [2.05, 4.69) is 39.9 Å². The van der Waals surface area contributed by atoms with E-state index in [0.29, 0.717) is 11.1 Å². The van der Waals surface area contributed by atoms with E-state index in [4.69, 9.17) is 11.6 Å². The Morgan fingerprint density at radius 3 is 2.93 bits per heavy atom. The number of fused-ring (bicyclic) bond motifs is 1. The zero-order valence-electron chi connectivity index (χ0n) is 8.54. The van der Waals surface area contributed by atoms with Crippen molar-refractivity contribution in [1.29, 1.82) is 0 Å². The summed E-state index contributed by atoms with van der Waals surface area (Å²) >= 11 is 9.40. The SMILES string of the molecule is CCC(C)n1ncc2c(Br)c(Cl)cnc21. The number of nitrogens with zero attached hydrogens (tertiary/aromatic N) is 3. The Balaban J connectivity index is 2.67. The van der Waals surface area contributed by atoms with Gasteiger partial charge in [0.15, 0.2) is 5.65 Å². The van der Waals surface area contributed by atoms with Gasteiger partial charge in [0.1, 0.15) is 0 Å². The van der Waals surface area contributed by atoms with Gasteiger partial charge in [-0.25, -0.2) is 9.67 Å². The van der Waals surface area contributed by atoms with Gasteiger partial charge in [0, 0.05) is 6.20 Å². The first-order chi connectivity index (χ1) is 7.15. The molecule has 80 valence electrons. The van der Waals surface area contributed by atoms with Gasteiger partial charge in [0.05, 0.1) is 27.1 Å². The minimum Gasteiger partial charge on any atom is -0.244 e. The number of hydrogen-bond donors (Lipinski definition) is 0. The minimum absolute atomic E-state index is 0.350. The normalized spacial score (nSPS) is 13.3. The van der Waals surface area contributed by atoms with Crippen LogP contribution in [0.5, 0.6) is 0 Å². The van der Waals surface area contributed by atoms with Crippen molar-refractivity contribution in [3.8, 4) is 0 Å². The molecule has 5 heteroatoms. The molecule has 0 saturated carbocycles. The molecule has 0 aliphatic rings. The highest BCUT2D eigenvalue weighted by Crippen LogP contribution is 2.30. The van der Waals surface area contributed by atoms with E-state index in [1.807, 2.05) is 4.68 Å². The topological polar surface area (TPSA) is 30.7 Å². The quantitative estimate of drug-likeness (QED) is 0.841. The molecule has 0 spiro atoms. The molecule has 0 amide bonds. The van der Waals surface area contributed by atoms with Gasteiger partial charge in [-0.15, -0.1) is 0 Å². The number of rotatable bonds is 2. The largest absolute Gasteiger partial charge is 0.244 e. The molecule has 1 atom stereocenters. The van der Waals surface area contributed by atoms with Crippen LogP contribution in [0, 0.1) is 0 Å². The highest BCUT2D eigenvalue weighted by Gasteiger charge is 2.12. The molecule has 1 unspecified atom stereocenters. The summed E-state index contributed by atoms with van der Waals surface area (Å²) in [4.78, 5) is 4.31. The third-order valence-electron chi connectivity index (χ3n) is 2.52. The first kappa shape index (κ1) is 10.9. The van der Waals surface area contributed by atoms with Gasteiger partial charge >= 0.3 is 0 Å². The first-order valence-electron chi connectivity index (χ1n) is 4.82. The number of aromatic nitrogens is 3. The maximum absolute atomic E-state index is 5.96. The van der Waals surface area contributed by atoms with Gasteiger partial charge < -0.3 is 0 Å². The van der Waals surface area contributed by atoms with E-state index in [-0.39, 0.29) is 0 Å². The standard InChI is InChI=1S/C10H11BrClN3/c1-3-6(2)15-10-7(4-14-15)9(11)8(12)5-13-10/h4-6H,3H2,1-2H3. The molecule has 2 rings (SSSR count). The summed E-state index contributed by atoms with van der Waals surface area (Å²) in [5.74, 6) is 0. The summed E-state index contributed by atoms with van der Waals surface area (Å²) in [5.41, 5.74) is 0.876. The molecule has 0 bridgehead atoms. The number of pyridine rings is 1. The van der Waals surface area contributed by atoms with Crippen molar-refractivity contribution in [2.75, 3.05) is 0 Å². The van der Waals surface area contributed by atoms with Crippen LogP contribution in [0.25, 0.3) is 11.0 Å². The highest BCUT2D eigenvalue weighted by atomic mass is 79.9. The van der Waals surface area contributed by atoms with Crippen LogP contribution < -0.4 is 0 Å². The average molecular weight is 289 g/mol. The monoisotopic (exact) mass is 287 g/mol. The van der Waals surface area contributed by atoms with Crippen LogP contribution in [0.3, 0.4) is 0 Å². The second kappa shape index (κ2) is 4.10. The molecule has 0 fully saturated rings. The van der Waals surface area contributed by atoms with E-state index >= 15 is 0 Å². The molecule has 2 aromatic heterocycles. The fourth-order valence-corrected chi connectivity index (χ4v) is 1.97. The van der Waals surface area contributed by atoms with Crippen LogP contribution in [0.2, 0.25) is 5.02 Å². The van der Waals surface area contributed by atoms with Gasteiger partial charge in [-0.2, -0.15) is 5.10 Å². The first-order valence-corrected chi connectivity index (χ1v) is 5.99. The highest BCUT2D eigenvalue weighted by molar-refractivity contribution is 9.10. The van der Waals surface area contributed by atoms with Crippen LogP contribution in [-0.2, 0) is 0 Å². The molecule has 0 aromatic carbocycles. The van der Waals surface area contributed by atoms with Gasteiger partial charge in [-0.1, -0.05) is 18.5 Å². The average Bonchev–Trinajstić information content (AvgIpc) is 2.66. The molecular weight excluding hydrogens is 277 g/mol. The van der Waals surface area contributed by atoms with Crippen molar-refractivity contribution in [1.82, 2.24) is 14.8 Å². The maximum atomic E-state index is 5.96. The zero-order chi connectivity index (χ0) is 11.0. The minimum atomic E-state index is 0.350. The Morgan fingerprint density at radius 1 is 1.53 bits per heavy atom. The zero-order valence-corrected chi connectivity index (χ0v) is 10.9. The Labute approximate surface area is 102 Å². The predicted molar refractivity (Wildman–Crippen MR) is 65.2 cm³/mol. The lowest BCUT2D eigenvalue weighted by Crippen LogP contribution is -2.06. The van der Waals surface area contributed by atoms with Gasteiger partial charge in [-0.3, -0.25) is 0 Å². The summed E-state index contributed by atoms with van der Waals surface area (Å²) < 4.78 is 2.79. The lowest BCUT2D eigenvalue weighted by Gasteiger charge is -2.09. The van der Waals surface area contributed by atoms with E-state index in [9.17, 15) is 0 Å². The second-order valence-electron chi connectivity index (χ2n) is 3.50. The van der Waals surface area contributed by atoms with Crippen molar-refractivity contribution < 1.29 is 0 Å². The number of hydrogen-bond acceptors (Lipinski definition) is 2. The van der Waals surface area contributed by atoms with Gasteiger partial charge in [0.2, 0.25) is 0 Å². The predicted octanol–water partition coefficient (Wildman–Crippen LogP) is 3.82. The molecule has 0 radical (unpaired) electrons. The third-order valence-corrected chi connectivity index (χ3v) is 3.89. The van der Waals surface area contributed by atoms with Crippen molar-refractivity contribution in [2.24, 2.45) is 0 Å². The fraction of sp³-hybridized carbons (Fsp3) is 0.400. The van der Waals surface area contributed by atoms with Crippen LogP contribution in [0.4, 0.5) is 0 Å². The van der Waals surface area contributed by atoms with E-state index < -0.39 is 0 Å². The van der Waals surface area contributed by atoms with Crippen LogP contribution in [0.1, 0.15) is 26.3 Å². The maximum Gasteiger partial charge on any atom is 0.159 e. The molecule has 3 nitrogen and oxygen atoms in total. The Kier molecular flexibility index (Phi) is 2.98. The molecule has 15 heavy (non-hydrogen) atoms. The summed E-state index contributed by atoms with van der Waals surface area (Å²) in [6, 6.07) is 0.350. The lowest BCUT2D eigenvalue weighted by atomic mass is 10.2. The van der Waals surface area contributed by atoms with Crippen LogP contribution in [-0.4, -0.2) is 14.8 Å². The second-order valence-corrected chi connectivity index (χ2v) is 4.70. The van der Waals surface area contributed by atoms with Crippen LogP contribution >= 0.6 is 27.5 Å². The molecule has 0 aliphatic carbocycles.